The van der Waals surface area contributed by atoms with E-state index < -0.39 is 5.54 Å². The molecule has 109 valence electrons. The number of rotatable bonds is 3. The van der Waals surface area contributed by atoms with Crippen molar-refractivity contribution >= 4 is 0 Å². The highest BCUT2D eigenvalue weighted by atomic mass is 16.5. The van der Waals surface area contributed by atoms with Gasteiger partial charge in [-0.25, -0.2) is 0 Å². The minimum atomic E-state index is -0.412. The van der Waals surface area contributed by atoms with Gasteiger partial charge in [0.1, 0.15) is 0 Å². The number of benzene rings is 2. The van der Waals surface area contributed by atoms with Gasteiger partial charge in [-0.2, -0.15) is 0 Å². The van der Waals surface area contributed by atoms with Crippen LogP contribution >= 0.6 is 0 Å². The molecule has 0 aromatic heterocycles. The maximum Gasteiger partial charge on any atom is 0.0720 e. The van der Waals surface area contributed by atoms with Crippen molar-refractivity contribution in [2.24, 2.45) is 0 Å². The highest BCUT2D eigenvalue weighted by Gasteiger charge is 2.51. The molecule has 1 fully saturated rings. The first kappa shape index (κ1) is 14.3. The second-order valence-electron chi connectivity index (χ2n) is 6.59. The summed E-state index contributed by atoms with van der Waals surface area (Å²) in [5.74, 6) is 0. The van der Waals surface area contributed by atoms with E-state index in [1.807, 2.05) is 36.4 Å². The molecule has 21 heavy (non-hydrogen) atoms. The molecule has 0 aliphatic carbocycles. The van der Waals surface area contributed by atoms with Gasteiger partial charge in [0, 0.05) is 0 Å². The van der Waals surface area contributed by atoms with Crippen LogP contribution in [0.1, 0.15) is 37.8 Å². The van der Waals surface area contributed by atoms with Crippen LogP contribution in [0.5, 0.6) is 0 Å². The third-order valence-corrected chi connectivity index (χ3v) is 4.91. The van der Waals surface area contributed by atoms with Crippen LogP contribution in [0.2, 0.25) is 0 Å². The summed E-state index contributed by atoms with van der Waals surface area (Å²) in [6, 6.07) is 20.5. The lowest BCUT2D eigenvalue weighted by atomic mass is 9.90. The molecule has 0 saturated carbocycles. The molecule has 0 unspecified atom stereocenters. The largest absolute Gasteiger partial charge is 0.139 e. The monoisotopic (exact) mass is 280 g/mol. The number of hydrogen-bond acceptors (Lipinski definition) is 1. The first-order valence-electron chi connectivity index (χ1n) is 7.62. The number of hydrogen-bond donors (Lipinski definition) is 0. The molecular weight excluding hydrogens is 258 g/mol. The molecule has 2 atom stereocenters. The minimum absolute atomic E-state index is 0.327. The molecule has 2 nitrogen and oxygen atoms in total. The molecule has 3 rings (SSSR count). The Kier molecular flexibility index (Phi) is 3.60. The summed E-state index contributed by atoms with van der Waals surface area (Å²) in [6.07, 6.45) is 2.64. The average molecular weight is 280 g/mol. The van der Waals surface area contributed by atoms with Crippen molar-refractivity contribution in [3.8, 4) is 0 Å². The fraction of sp³-hybridized carbons (Fsp3) is 0.368. The lowest BCUT2D eigenvalue weighted by Crippen LogP contribution is -2.47. The van der Waals surface area contributed by atoms with Crippen molar-refractivity contribution < 1.29 is 5.21 Å². The zero-order valence-electron chi connectivity index (χ0n) is 12.8. The first-order valence-corrected chi connectivity index (χ1v) is 7.62. The molecule has 0 bridgehead atoms. The Morgan fingerprint density at radius 3 is 2.10 bits per heavy atom. The van der Waals surface area contributed by atoms with Crippen LogP contribution < -0.4 is 0 Å². The zero-order chi connectivity index (χ0) is 14.9. The molecule has 1 aliphatic rings. The SMILES string of the molecule is C[C@@]1(Cc2ccccc2)CC[C@@](C)(c2ccccc2)N1[O]. The average Bonchev–Trinajstić information content (AvgIpc) is 2.75. The quantitative estimate of drug-likeness (QED) is 0.820. The first-order chi connectivity index (χ1) is 10.0. The summed E-state index contributed by atoms with van der Waals surface area (Å²) in [7, 11) is 0. The summed E-state index contributed by atoms with van der Waals surface area (Å²) in [6.45, 7) is 4.17. The van der Waals surface area contributed by atoms with Gasteiger partial charge in [0.05, 0.1) is 11.1 Å². The standard InChI is InChI=1S/C19H22NO/c1-18(15-16-9-5-3-6-10-16)13-14-19(2,20(18)21)17-11-7-4-8-12-17/h3-12H,13-15H2,1-2H3/t18-,19-/m0/s1. The fourth-order valence-electron chi connectivity index (χ4n) is 3.57. The lowest BCUT2D eigenvalue weighted by Gasteiger charge is -2.37. The maximum absolute atomic E-state index is 13.1. The van der Waals surface area contributed by atoms with E-state index in [9.17, 15) is 5.21 Å². The van der Waals surface area contributed by atoms with Gasteiger partial charge in [0.15, 0.2) is 0 Å². The molecule has 2 aromatic rings. The smallest absolute Gasteiger partial charge is 0.0720 e. The molecule has 0 N–H and O–H groups in total. The number of nitrogens with zero attached hydrogens (tertiary/aromatic N) is 1. The van der Waals surface area contributed by atoms with Crippen molar-refractivity contribution in [3.63, 3.8) is 0 Å². The van der Waals surface area contributed by atoms with Crippen LogP contribution in [-0.2, 0) is 17.2 Å². The summed E-state index contributed by atoms with van der Waals surface area (Å²) < 4.78 is 0. The Morgan fingerprint density at radius 2 is 1.48 bits per heavy atom. The van der Waals surface area contributed by atoms with E-state index in [4.69, 9.17) is 0 Å². The van der Waals surface area contributed by atoms with Crippen LogP contribution in [0, 0.1) is 0 Å². The predicted molar refractivity (Wildman–Crippen MR) is 84.1 cm³/mol. The second kappa shape index (κ2) is 5.28. The summed E-state index contributed by atoms with van der Waals surface area (Å²) in [5.41, 5.74) is 1.62. The van der Waals surface area contributed by atoms with Crippen molar-refractivity contribution in [1.82, 2.24) is 5.06 Å². The summed E-state index contributed by atoms with van der Waals surface area (Å²) in [5, 5.41) is 14.4. The van der Waals surface area contributed by atoms with Gasteiger partial charge in [-0.05, 0) is 44.2 Å². The van der Waals surface area contributed by atoms with Crippen LogP contribution in [0.4, 0.5) is 0 Å². The van der Waals surface area contributed by atoms with E-state index in [0.29, 0.717) is 0 Å². The predicted octanol–water partition coefficient (Wildman–Crippen LogP) is 4.34. The van der Waals surface area contributed by atoms with Gasteiger partial charge in [-0.15, -0.1) is 10.3 Å². The second-order valence-corrected chi connectivity index (χ2v) is 6.59. The summed E-state index contributed by atoms with van der Waals surface area (Å²) >= 11 is 0. The molecule has 2 aromatic carbocycles. The molecule has 1 saturated heterocycles. The lowest BCUT2D eigenvalue weighted by molar-refractivity contribution is -0.256. The van der Waals surface area contributed by atoms with Gasteiger partial charge in [0.25, 0.3) is 0 Å². The van der Waals surface area contributed by atoms with Crippen molar-refractivity contribution in [2.75, 3.05) is 0 Å². The van der Waals surface area contributed by atoms with Crippen molar-refractivity contribution in [1.29, 1.82) is 0 Å². The van der Waals surface area contributed by atoms with Gasteiger partial charge in [-0.1, -0.05) is 60.7 Å². The molecular formula is C19H22NO. The minimum Gasteiger partial charge on any atom is -0.139 e. The molecule has 2 heteroatoms. The highest BCUT2D eigenvalue weighted by molar-refractivity contribution is 5.27. The Bertz CT molecular complexity index is 597. The Labute approximate surface area is 127 Å². The van der Waals surface area contributed by atoms with Crippen LogP contribution in [-0.4, -0.2) is 10.6 Å². The maximum atomic E-state index is 13.1. The Balaban J connectivity index is 1.87. The van der Waals surface area contributed by atoms with Crippen LogP contribution in [0.25, 0.3) is 0 Å². The zero-order valence-corrected chi connectivity index (χ0v) is 12.8. The number of hydroxylamine groups is 2. The van der Waals surface area contributed by atoms with Crippen LogP contribution in [0.15, 0.2) is 60.7 Å². The van der Waals surface area contributed by atoms with Crippen molar-refractivity contribution in [3.05, 3.63) is 71.8 Å². The normalized spacial score (nSPS) is 29.7. The van der Waals surface area contributed by atoms with Gasteiger partial charge in [-0.3, -0.25) is 0 Å². The van der Waals surface area contributed by atoms with Gasteiger partial charge < -0.3 is 0 Å². The van der Waals surface area contributed by atoms with E-state index in [2.05, 4.69) is 38.1 Å². The van der Waals surface area contributed by atoms with E-state index >= 15 is 0 Å². The van der Waals surface area contributed by atoms with E-state index in [1.165, 1.54) is 10.6 Å². The third kappa shape index (κ3) is 2.50. The van der Waals surface area contributed by atoms with Gasteiger partial charge >= 0.3 is 0 Å². The van der Waals surface area contributed by atoms with Gasteiger partial charge in [0.2, 0.25) is 0 Å². The van der Waals surface area contributed by atoms with Crippen LogP contribution in [0.3, 0.4) is 0 Å². The molecule has 0 amide bonds. The highest BCUT2D eigenvalue weighted by Crippen LogP contribution is 2.47. The fourth-order valence-corrected chi connectivity index (χ4v) is 3.57. The van der Waals surface area contributed by atoms with E-state index in [-0.39, 0.29) is 5.54 Å². The third-order valence-electron chi connectivity index (χ3n) is 4.91. The Hall–Kier alpha value is -1.64. The Morgan fingerprint density at radius 1 is 0.905 bits per heavy atom. The summed E-state index contributed by atoms with van der Waals surface area (Å²) in [4.78, 5) is 0. The topological polar surface area (TPSA) is 23.1 Å². The van der Waals surface area contributed by atoms with E-state index in [0.717, 1.165) is 24.8 Å². The van der Waals surface area contributed by atoms with E-state index in [1.54, 1.807) is 0 Å². The molecule has 1 radical (unpaired) electrons. The molecule has 1 aliphatic heterocycles. The van der Waals surface area contributed by atoms with Crippen molar-refractivity contribution in [2.45, 2.75) is 44.2 Å². The molecule has 0 spiro atoms. The molecule has 1 heterocycles.